The highest BCUT2D eigenvalue weighted by atomic mass is 35.5. The zero-order valence-electron chi connectivity index (χ0n) is 13.2. The largest absolute Gasteiger partial charge is 0.750 e. The summed E-state index contributed by atoms with van der Waals surface area (Å²) >= 11 is 3.53. The second-order valence-electron chi connectivity index (χ2n) is 5.17. The van der Waals surface area contributed by atoms with Crippen molar-refractivity contribution in [1.82, 2.24) is 14.6 Å². The SMILES string of the molecule is CN(COS(=O)[O-])c1cc(-c2ccnc3c([N+](=O)[O-])cnn23)ccc1Cl. The minimum atomic E-state index is -2.65. The number of halogens is 1. The number of hydrogen-bond acceptors (Lipinski definition) is 8. The van der Waals surface area contributed by atoms with E-state index in [0.29, 0.717) is 22.0 Å². The van der Waals surface area contributed by atoms with Crippen LogP contribution in [-0.4, -0.2) is 42.1 Å². The Balaban J connectivity index is 2.05. The molecule has 0 aliphatic carbocycles. The summed E-state index contributed by atoms with van der Waals surface area (Å²) in [4.78, 5) is 16.0. The third kappa shape index (κ3) is 3.51. The van der Waals surface area contributed by atoms with Gasteiger partial charge in [-0.1, -0.05) is 17.7 Å². The third-order valence-corrected chi connectivity index (χ3v) is 4.19. The van der Waals surface area contributed by atoms with Crippen molar-refractivity contribution in [1.29, 1.82) is 0 Å². The van der Waals surface area contributed by atoms with Crippen LogP contribution in [0.1, 0.15) is 0 Å². The van der Waals surface area contributed by atoms with Gasteiger partial charge in [-0.3, -0.25) is 14.3 Å². The Morgan fingerprint density at radius 2 is 2.19 bits per heavy atom. The number of nitro groups is 1. The normalized spacial score (nSPS) is 12.3. The molecule has 3 rings (SSSR count). The lowest BCUT2D eigenvalue weighted by molar-refractivity contribution is -0.383. The zero-order valence-corrected chi connectivity index (χ0v) is 14.8. The summed E-state index contributed by atoms with van der Waals surface area (Å²) < 4.78 is 27.0. The number of hydrogen-bond donors (Lipinski definition) is 0. The first-order valence-corrected chi connectivity index (χ1v) is 8.47. The summed E-state index contributed by atoms with van der Waals surface area (Å²) in [6.45, 7) is -0.224. The summed E-state index contributed by atoms with van der Waals surface area (Å²) in [5.41, 5.74) is 1.64. The fraction of sp³-hybridized carbons (Fsp3) is 0.143. The van der Waals surface area contributed by atoms with Gasteiger partial charge in [-0.15, -0.1) is 0 Å². The fourth-order valence-corrected chi connectivity index (χ4v) is 2.89. The second kappa shape index (κ2) is 7.33. The molecule has 0 spiro atoms. The maximum Gasteiger partial charge on any atom is 0.333 e. The third-order valence-electron chi connectivity index (χ3n) is 3.58. The van der Waals surface area contributed by atoms with Gasteiger partial charge in [0.05, 0.1) is 32.7 Å². The molecule has 0 saturated heterocycles. The smallest absolute Gasteiger partial charge is 0.333 e. The van der Waals surface area contributed by atoms with E-state index in [2.05, 4.69) is 14.3 Å². The Hall–Kier alpha value is -2.60. The van der Waals surface area contributed by atoms with Gasteiger partial charge in [0.15, 0.2) is 0 Å². The fourth-order valence-electron chi connectivity index (χ4n) is 2.38. The molecule has 0 aliphatic heterocycles. The van der Waals surface area contributed by atoms with E-state index in [-0.39, 0.29) is 18.1 Å². The predicted octanol–water partition coefficient (Wildman–Crippen LogP) is 2.16. The van der Waals surface area contributed by atoms with Crippen molar-refractivity contribution in [3.05, 3.63) is 51.8 Å². The Labute approximate surface area is 154 Å². The van der Waals surface area contributed by atoms with E-state index in [0.717, 1.165) is 6.20 Å². The van der Waals surface area contributed by atoms with Gasteiger partial charge in [-0.2, -0.15) is 5.10 Å². The van der Waals surface area contributed by atoms with Crippen LogP contribution in [0.15, 0.2) is 36.7 Å². The first-order valence-electron chi connectivity index (χ1n) is 7.09. The molecular weight excluding hydrogens is 386 g/mol. The minimum Gasteiger partial charge on any atom is -0.750 e. The van der Waals surface area contributed by atoms with Crippen molar-refractivity contribution in [2.45, 2.75) is 0 Å². The zero-order chi connectivity index (χ0) is 18.8. The highest BCUT2D eigenvalue weighted by molar-refractivity contribution is 7.74. The first kappa shape index (κ1) is 18.2. The maximum absolute atomic E-state index is 11.1. The summed E-state index contributed by atoms with van der Waals surface area (Å²) in [6, 6.07) is 6.69. The molecule has 3 aromatic rings. The average Bonchev–Trinajstić information content (AvgIpc) is 3.04. The summed E-state index contributed by atoms with van der Waals surface area (Å²) in [5, 5.41) is 15.5. The van der Waals surface area contributed by atoms with Gasteiger partial charge in [-0.05, 0) is 18.2 Å². The van der Waals surface area contributed by atoms with E-state index < -0.39 is 16.3 Å². The monoisotopic (exact) mass is 396 g/mol. The molecule has 1 atom stereocenters. The van der Waals surface area contributed by atoms with Gasteiger partial charge in [0.2, 0.25) is 5.65 Å². The lowest BCUT2D eigenvalue weighted by atomic mass is 10.1. The molecule has 0 saturated carbocycles. The summed E-state index contributed by atoms with van der Waals surface area (Å²) in [7, 11) is 1.61. The van der Waals surface area contributed by atoms with E-state index >= 15 is 0 Å². The standard InChI is InChI=1S/C14H12ClN5O5S/c1-18(8-25-26(23)24)12-6-9(2-3-10(12)15)11-4-5-16-14-13(20(21)22)7-17-19(11)14/h2-7H,8H2,1H3,(H,23,24)/p-1. The Morgan fingerprint density at radius 3 is 2.88 bits per heavy atom. The van der Waals surface area contributed by atoms with E-state index in [1.165, 1.54) is 15.6 Å². The second-order valence-corrected chi connectivity index (χ2v) is 6.22. The van der Waals surface area contributed by atoms with Crippen LogP contribution in [0.2, 0.25) is 5.02 Å². The van der Waals surface area contributed by atoms with E-state index in [4.69, 9.17) is 11.6 Å². The molecule has 0 amide bonds. The van der Waals surface area contributed by atoms with E-state index in [1.54, 1.807) is 31.3 Å². The maximum atomic E-state index is 11.1. The molecular formula is C14H11ClN5O5S-. The number of aromatic nitrogens is 3. The number of rotatable bonds is 6. The van der Waals surface area contributed by atoms with Crippen LogP contribution in [0.3, 0.4) is 0 Å². The lowest BCUT2D eigenvalue weighted by Crippen LogP contribution is -2.22. The molecule has 12 heteroatoms. The van der Waals surface area contributed by atoms with Crippen LogP contribution < -0.4 is 4.90 Å². The van der Waals surface area contributed by atoms with Gasteiger partial charge in [0.25, 0.3) is 0 Å². The molecule has 0 aliphatic rings. The molecule has 0 fully saturated rings. The van der Waals surface area contributed by atoms with E-state index in [1.807, 2.05) is 0 Å². The molecule has 0 N–H and O–H groups in total. The molecule has 26 heavy (non-hydrogen) atoms. The van der Waals surface area contributed by atoms with Crippen LogP contribution in [0.25, 0.3) is 16.9 Å². The Bertz CT molecular complexity index is 1010. The van der Waals surface area contributed by atoms with Gasteiger partial charge in [-0.25, -0.2) is 13.7 Å². The van der Waals surface area contributed by atoms with Gasteiger partial charge in [0, 0.05) is 18.8 Å². The highest BCUT2D eigenvalue weighted by Gasteiger charge is 2.19. The molecule has 2 heterocycles. The van der Waals surface area contributed by atoms with Crippen molar-refractivity contribution in [2.24, 2.45) is 0 Å². The van der Waals surface area contributed by atoms with Crippen molar-refractivity contribution < 1.29 is 17.9 Å². The van der Waals surface area contributed by atoms with Gasteiger partial charge >= 0.3 is 5.69 Å². The van der Waals surface area contributed by atoms with Gasteiger partial charge < -0.3 is 9.45 Å². The van der Waals surface area contributed by atoms with Crippen LogP contribution in [0.5, 0.6) is 0 Å². The van der Waals surface area contributed by atoms with Crippen LogP contribution in [0, 0.1) is 10.1 Å². The quantitative estimate of drug-likeness (QED) is 0.268. The molecule has 1 unspecified atom stereocenters. The van der Waals surface area contributed by atoms with Gasteiger partial charge in [0.1, 0.15) is 12.9 Å². The van der Waals surface area contributed by atoms with E-state index in [9.17, 15) is 18.9 Å². The van der Waals surface area contributed by atoms with Crippen molar-refractivity contribution in [3.8, 4) is 11.3 Å². The van der Waals surface area contributed by atoms with Crippen LogP contribution in [0.4, 0.5) is 11.4 Å². The molecule has 0 radical (unpaired) electrons. The molecule has 136 valence electrons. The van der Waals surface area contributed by atoms with Crippen LogP contribution in [-0.2, 0) is 15.5 Å². The number of benzene rings is 1. The molecule has 2 aromatic heterocycles. The summed E-state index contributed by atoms with van der Waals surface area (Å²) in [6.07, 6.45) is 2.58. The molecule has 0 bridgehead atoms. The Kier molecular flexibility index (Phi) is 5.13. The van der Waals surface area contributed by atoms with Crippen molar-refractivity contribution in [2.75, 3.05) is 18.7 Å². The van der Waals surface area contributed by atoms with Crippen molar-refractivity contribution in [3.63, 3.8) is 0 Å². The number of nitrogens with zero attached hydrogens (tertiary/aromatic N) is 5. The predicted molar refractivity (Wildman–Crippen MR) is 93.4 cm³/mol. The first-order chi connectivity index (χ1) is 12.4. The average molecular weight is 397 g/mol. The minimum absolute atomic E-state index is 0.113. The topological polar surface area (TPSA) is 126 Å². The lowest BCUT2D eigenvalue weighted by Gasteiger charge is -2.21. The van der Waals surface area contributed by atoms with Crippen molar-refractivity contribution >= 4 is 40.0 Å². The highest BCUT2D eigenvalue weighted by Crippen LogP contribution is 2.32. The van der Waals surface area contributed by atoms with Crippen LogP contribution >= 0.6 is 11.6 Å². The molecule has 1 aromatic carbocycles. The number of anilines is 1. The molecule has 10 nitrogen and oxygen atoms in total. The summed E-state index contributed by atoms with van der Waals surface area (Å²) in [5.74, 6) is 0. The number of fused-ring (bicyclic) bond motifs is 1. The Morgan fingerprint density at radius 1 is 1.42 bits per heavy atom.